The fraction of sp³-hybridized carbons (Fsp3) is 0.238. The fourth-order valence-electron chi connectivity index (χ4n) is 2.88. The van der Waals surface area contributed by atoms with E-state index in [1.807, 2.05) is 10.8 Å². The summed E-state index contributed by atoms with van der Waals surface area (Å²) in [6.07, 6.45) is 5.95. The number of aryl methyl sites for hydroxylation is 1. The number of benzene rings is 2. The molecule has 0 aliphatic heterocycles. The van der Waals surface area contributed by atoms with Crippen molar-refractivity contribution in [2.24, 2.45) is 0 Å². The number of anilines is 1. The van der Waals surface area contributed by atoms with Crippen molar-refractivity contribution in [1.29, 1.82) is 0 Å². The van der Waals surface area contributed by atoms with Crippen LogP contribution in [0.5, 0.6) is 5.75 Å². The van der Waals surface area contributed by atoms with Crippen LogP contribution in [-0.2, 0) is 21.4 Å². The summed E-state index contributed by atoms with van der Waals surface area (Å²) in [5, 5.41) is 2.79. The van der Waals surface area contributed by atoms with E-state index in [1.54, 1.807) is 55.0 Å². The van der Waals surface area contributed by atoms with Gasteiger partial charge in [0.1, 0.15) is 12.3 Å². The van der Waals surface area contributed by atoms with Gasteiger partial charge >= 0.3 is 0 Å². The van der Waals surface area contributed by atoms with E-state index in [9.17, 15) is 13.2 Å². The molecule has 9 heteroatoms. The lowest BCUT2D eigenvalue weighted by molar-refractivity contribution is -0.119. The highest BCUT2D eigenvalue weighted by molar-refractivity contribution is 7.92. The zero-order valence-electron chi connectivity index (χ0n) is 16.6. The maximum Gasteiger partial charge on any atom is 0.264 e. The van der Waals surface area contributed by atoms with Gasteiger partial charge in [0, 0.05) is 25.5 Å². The Morgan fingerprint density at radius 1 is 1.13 bits per heavy atom. The van der Waals surface area contributed by atoms with Gasteiger partial charge in [-0.3, -0.25) is 9.10 Å². The highest BCUT2D eigenvalue weighted by Gasteiger charge is 2.27. The number of carbonyl (C=O) groups excluding carboxylic acids is 1. The van der Waals surface area contributed by atoms with Crippen LogP contribution in [-0.4, -0.2) is 44.1 Å². The van der Waals surface area contributed by atoms with Crippen molar-refractivity contribution in [3.8, 4) is 5.75 Å². The van der Waals surface area contributed by atoms with Crippen LogP contribution in [0.2, 0.25) is 0 Å². The monoisotopic (exact) mass is 428 g/mol. The normalized spacial score (nSPS) is 11.1. The van der Waals surface area contributed by atoms with Crippen LogP contribution in [0.1, 0.15) is 6.42 Å². The van der Waals surface area contributed by atoms with Crippen LogP contribution in [0.3, 0.4) is 0 Å². The number of rotatable bonds is 10. The van der Waals surface area contributed by atoms with Crippen LogP contribution in [0.15, 0.2) is 78.2 Å². The van der Waals surface area contributed by atoms with Crippen molar-refractivity contribution in [3.63, 3.8) is 0 Å². The Labute approximate surface area is 176 Å². The summed E-state index contributed by atoms with van der Waals surface area (Å²) in [6.45, 7) is 0.818. The number of amides is 1. The molecule has 0 aliphatic rings. The topological polar surface area (TPSA) is 93.5 Å². The van der Waals surface area contributed by atoms with E-state index in [0.717, 1.165) is 4.31 Å². The fourth-order valence-corrected chi connectivity index (χ4v) is 4.32. The summed E-state index contributed by atoms with van der Waals surface area (Å²) in [5.74, 6) is 0.218. The Morgan fingerprint density at radius 3 is 2.50 bits per heavy atom. The van der Waals surface area contributed by atoms with Gasteiger partial charge in [-0.2, -0.15) is 0 Å². The number of nitrogens with one attached hydrogen (secondary N) is 1. The molecule has 1 N–H and O–H groups in total. The molecule has 3 rings (SSSR count). The molecule has 3 aromatic rings. The first-order valence-electron chi connectivity index (χ1n) is 9.45. The van der Waals surface area contributed by atoms with Gasteiger partial charge < -0.3 is 14.6 Å². The van der Waals surface area contributed by atoms with E-state index in [0.29, 0.717) is 30.9 Å². The van der Waals surface area contributed by atoms with Crippen molar-refractivity contribution < 1.29 is 17.9 Å². The van der Waals surface area contributed by atoms with Crippen molar-refractivity contribution in [1.82, 2.24) is 14.9 Å². The van der Waals surface area contributed by atoms with Crippen LogP contribution < -0.4 is 14.4 Å². The number of nitrogens with zero attached hydrogens (tertiary/aromatic N) is 3. The zero-order chi connectivity index (χ0) is 21.4. The Hall–Kier alpha value is -3.33. The minimum Gasteiger partial charge on any atom is -0.497 e. The molecule has 0 atom stereocenters. The molecule has 0 spiro atoms. The van der Waals surface area contributed by atoms with Crippen molar-refractivity contribution in [2.75, 3.05) is 24.5 Å². The second-order valence-electron chi connectivity index (χ2n) is 6.53. The van der Waals surface area contributed by atoms with Gasteiger partial charge in [-0.1, -0.05) is 18.2 Å². The van der Waals surface area contributed by atoms with Crippen LogP contribution in [0.4, 0.5) is 5.69 Å². The van der Waals surface area contributed by atoms with E-state index >= 15 is 0 Å². The second kappa shape index (κ2) is 9.93. The van der Waals surface area contributed by atoms with E-state index in [2.05, 4.69) is 10.3 Å². The molecule has 1 heterocycles. The lowest BCUT2D eigenvalue weighted by atomic mass is 10.3. The van der Waals surface area contributed by atoms with Gasteiger partial charge in [0.2, 0.25) is 5.91 Å². The molecule has 0 fully saturated rings. The Bertz CT molecular complexity index is 1040. The first-order valence-corrected chi connectivity index (χ1v) is 10.9. The van der Waals surface area contributed by atoms with Gasteiger partial charge in [-0.25, -0.2) is 13.4 Å². The molecule has 0 aliphatic carbocycles. The SMILES string of the molecule is COc1ccc(N(CC(=O)NCCCn2ccnc2)S(=O)(=O)c2ccccc2)cc1. The Balaban J connectivity index is 1.72. The lowest BCUT2D eigenvalue weighted by Crippen LogP contribution is -2.41. The highest BCUT2D eigenvalue weighted by atomic mass is 32.2. The predicted molar refractivity (Wildman–Crippen MR) is 114 cm³/mol. The second-order valence-corrected chi connectivity index (χ2v) is 8.39. The first kappa shape index (κ1) is 21.4. The molecular weight excluding hydrogens is 404 g/mol. The molecule has 0 unspecified atom stereocenters. The van der Waals surface area contributed by atoms with Crippen molar-refractivity contribution in [2.45, 2.75) is 17.9 Å². The van der Waals surface area contributed by atoms with E-state index in [-0.39, 0.29) is 17.3 Å². The molecule has 0 saturated heterocycles. The van der Waals surface area contributed by atoms with E-state index in [4.69, 9.17) is 4.74 Å². The van der Waals surface area contributed by atoms with Crippen molar-refractivity contribution in [3.05, 3.63) is 73.3 Å². The van der Waals surface area contributed by atoms with E-state index in [1.165, 1.54) is 19.2 Å². The third-order valence-corrected chi connectivity index (χ3v) is 6.24. The smallest absolute Gasteiger partial charge is 0.264 e. The van der Waals surface area contributed by atoms with E-state index < -0.39 is 10.0 Å². The number of hydrogen-bond donors (Lipinski definition) is 1. The molecule has 1 amide bonds. The van der Waals surface area contributed by atoms with Gasteiger partial charge in [0.05, 0.1) is 24.0 Å². The Kier molecular flexibility index (Phi) is 7.08. The molecule has 0 bridgehead atoms. The number of hydrogen-bond acceptors (Lipinski definition) is 5. The molecule has 1 aromatic heterocycles. The molecule has 2 aromatic carbocycles. The largest absolute Gasteiger partial charge is 0.497 e. The third kappa shape index (κ3) is 5.38. The maximum atomic E-state index is 13.2. The quantitative estimate of drug-likeness (QED) is 0.500. The molecule has 0 saturated carbocycles. The van der Waals surface area contributed by atoms with Gasteiger partial charge in [-0.15, -0.1) is 0 Å². The number of carbonyl (C=O) groups is 1. The average Bonchev–Trinajstić information content (AvgIpc) is 3.29. The molecule has 0 radical (unpaired) electrons. The van der Waals surface area contributed by atoms with Gasteiger partial charge in [0.25, 0.3) is 10.0 Å². The van der Waals surface area contributed by atoms with Gasteiger partial charge in [0.15, 0.2) is 0 Å². The van der Waals surface area contributed by atoms with Crippen molar-refractivity contribution >= 4 is 21.6 Å². The minimum absolute atomic E-state index is 0.119. The number of imidazole rings is 1. The molecule has 158 valence electrons. The number of aromatic nitrogens is 2. The minimum atomic E-state index is -3.92. The highest BCUT2D eigenvalue weighted by Crippen LogP contribution is 2.25. The first-order chi connectivity index (χ1) is 14.5. The lowest BCUT2D eigenvalue weighted by Gasteiger charge is -2.24. The summed E-state index contributed by atoms with van der Waals surface area (Å²) >= 11 is 0. The predicted octanol–water partition coefficient (Wildman–Crippen LogP) is 2.29. The Morgan fingerprint density at radius 2 is 1.87 bits per heavy atom. The molecular formula is C21H24N4O4S. The average molecular weight is 429 g/mol. The number of ether oxygens (including phenoxy) is 1. The number of methoxy groups -OCH3 is 1. The molecule has 8 nitrogen and oxygen atoms in total. The maximum absolute atomic E-state index is 13.2. The van der Waals surface area contributed by atoms with Crippen LogP contribution >= 0.6 is 0 Å². The summed E-state index contributed by atoms with van der Waals surface area (Å²) in [4.78, 5) is 16.6. The number of sulfonamides is 1. The van der Waals surface area contributed by atoms with Crippen LogP contribution in [0.25, 0.3) is 0 Å². The summed E-state index contributed by atoms with van der Waals surface area (Å²) in [6, 6.07) is 14.6. The summed E-state index contributed by atoms with van der Waals surface area (Å²) in [5.41, 5.74) is 0.383. The summed E-state index contributed by atoms with van der Waals surface area (Å²) in [7, 11) is -2.38. The standard InChI is InChI=1S/C21H24N4O4S/c1-29-19-10-8-18(9-11-19)25(30(27,28)20-6-3-2-4-7-20)16-21(26)23-12-5-14-24-15-13-22-17-24/h2-4,6-11,13,15,17H,5,12,14,16H2,1H3,(H,23,26). The van der Waals surface area contributed by atoms with Gasteiger partial charge in [-0.05, 0) is 42.8 Å². The van der Waals surface area contributed by atoms with Crippen LogP contribution in [0, 0.1) is 0 Å². The zero-order valence-corrected chi connectivity index (χ0v) is 17.5. The summed E-state index contributed by atoms with van der Waals surface area (Å²) < 4.78 is 34.6. The third-order valence-electron chi connectivity index (χ3n) is 4.45. The molecule has 30 heavy (non-hydrogen) atoms.